The fourth-order valence-electron chi connectivity index (χ4n) is 2.84. The van der Waals surface area contributed by atoms with Gasteiger partial charge in [0.2, 0.25) is 0 Å². The number of rotatable bonds is 4. The third-order valence-electron chi connectivity index (χ3n) is 4.00. The van der Waals surface area contributed by atoms with Crippen molar-refractivity contribution in [1.82, 2.24) is 14.3 Å². The summed E-state index contributed by atoms with van der Waals surface area (Å²) >= 11 is 0. The molecule has 0 bridgehead atoms. The van der Waals surface area contributed by atoms with Gasteiger partial charge in [0.25, 0.3) is 10.2 Å². The Hall–Kier alpha value is -0.700. The summed E-state index contributed by atoms with van der Waals surface area (Å²) in [6.07, 6.45) is 0.989. The molecule has 124 valence electrons. The van der Waals surface area contributed by atoms with E-state index in [2.05, 4.69) is 22.2 Å². The van der Waals surface area contributed by atoms with Crippen LogP contribution in [0.3, 0.4) is 0 Å². The Morgan fingerprint density at radius 3 is 2.77 bits per heavy atom. The summed E-state index contributed by atoms with van der Waals surface area (Å²) in [4.78, 5) is 0. The van der Waals surface area contributed by atoms with Crippen molar-refractivity contribution in [2.24, 2.45) is 0 Å². The summed E-state index contributed by atoms with van der Waals surface area (Å²) in [5.41, 5.74) is 2.49. The molecular weight excluding hydrogens is 326 g/mol. The van der Waals surface area contributed by atoms with Gasteiger partial charge in [0.05, 0.1) is 13.2 Å². The number of nitrogens with zero attached hydrogens (tertiary/aromatic N) is 1. The number of nitrogens with one attached hydrogen (secondary N) is 2. The average Bonchev–Trinajstić information content (AvgIpc) is 2.54. The Morgan fingerprint density at radius 1 is 1.27 bits per heavy atom. The number of benzene rings is 1. The number of morpholine rings is 1. The van der Waals surface area contributed by atoms with Gasteiger partial charge in [0.1, 0.15) is 0 Å². The summed E-state index contributed by atoms with van der Waals surface area (Å²) in [7, 11) is -3.42. The maximum Gasteiger partial charge on any atom is 0.279 e. The molecule has 1 atom stereocenters. The molecule has 8 heteroatoms. The number of hydrogen-bond donors (Lipinski definition) is 2. The van der Waals surface area contributed by atoms with Gasteiger partial charge >= 0.3 is 0 Å². The zero-order valence-corrected chi connectivity index (χ0v) is 14.0. The smallest absolute Gasteiger partial charge is 0.279 e. The van der Waals surface area contributed by atoms with E-state index >= 15 is 0 Å². The quantitative estimate of drug-likeness (QED) is 0.830. The topological polar surface area (TPSA) is 70.7 Å². The summed E-state index contributed by atoms with van der Waals surface area (Å²) in [5.74, 6) is 0. The van der Waals surface area contributed by atoms with E-state index in [1.54, 1.807) is 0 Å². The maximum atomic E-state index is 12.3. The van der Waals surface area contributed by atoms with E-state index in [1.807, 2.05) is 12.1 Å². The minimum Gasteiger partial charge on any atom is -0.379 e. The van der Waals surface area contributed by atoms with E-state index in [9.17, 15) is 8.42 Å². The maximum absolute atomic E-state index is 12.3. The standard InChI is InChI=1S/C14H21N3O3S.ClH/c18-21(19,17-7-9-20-10-8-17)16-11-14-13-4-2-1-3-12(13)5-6-15-14;/h1-4,14-16H,5-11H2;1H. The lowest BCUT2D eigenvalue weighted by molar-refractivity contribution is 0.0724. The molecule has 0 amide bonds. The van der Waals surface area contributed by atoms with Gasteiger partial charge in [-0.15, -0.1) is 12.4 Å². The van der Waals surface area contributed by atoms with E-state index in [0.717, 1.165) is 13.0 Å². The van der Waals surface area contributed by atoms with Crippen LogP contribution in [0.15, 0.2) is 24.3 Å². The van der Waals surface area contributed by atoms with E-state index in [4.69, 9.17) is 4.74 Å². The number of halogens is 1. The molecule has 6 nitrogen and oxygen atoms in total. The van der Waals surface area contributed by atoms with Gasteiger partial charge in [0.15, 0.2) is 0 Å². The van der Waals surface area contributed by atoms with Gasteiger partial charge in [-0.25, -0.2) is 4.72 Å². The fourth-order valence-corrected chi connectivity index (χ4v) is 4.03. The van der Waals surface area contributed by atoms with Crippen LogP contribution in [-0.2, 0) is 21.4 Å². The van der Waals surface area contributed by atoms with Crippen molar-refractivity contribution in [3.8, 4) is 0 Å². The van der Waals surface area contributed by atoms with Crippen molar-refractivity contribution in [2.45, 2.75) is 12.5 Å². The summed E-state index contributed by atoms with van der Waals surface area (Å²) in [6, 6.07) is 8.23. The molecule has 2 heterocycles. The van der Waals surface area contributed by atoms with Crippen LogP contribution >= 0.6 is 12.4 Å². The highest BCUT2D eigenvalue weighted by atomic mass is 35.5. The Morgan fingerprint density at radius 2 is 2.00 bits per heavy atom. The molecule has 1 aromatic rings. The molecule has 3 rings (SSSR count). The molecule has 0 radical (unpaired) electrons. The number of ether oxygens (including phenoxy) is 1. The first-order chi connectivity index (χ1) is 10.2. The zero-order valence-electron chi connectivity index (χ0n) is 12.3. The third-order valence-corrected chi connectivity index (χ3v) is 5.57. The minimum absolute atomic E-state index is 0. The first kappa shape index (κ1) is 17.7. The lowest BCUT2D eigenvalue weighted by Gasteiger charge is -2.30. The average molecular weight is 348 g/mol. The van der Waals surface area contributed by atoms with Crippen molar-refractivity contribution < 1.29 is 13.2 Å². The van der Waals surface area contributed by atoms with Gasteiger partial charge in [-0.1, -0.05) is 24.3 Å². The van der Waals surface area contributed by atoms with Gasteiger partial charge in [-0.05, 0) is 24.1 Å². The zero-order chi connectivity index (χ0) is 14.7. The Balaban J connectivity index is 0.00000176. The molecule has 1 unspecified atom stereocenters. The van der Waals surface area contributed by atoms with E-state index in [-0.39, 0.29) is 18.4 Å². The lowest BCUT2D eigenvalue weighted by Crippen LogP contribution is -2.48. The monoisotopic (exact) mass is 347 g/mol. The second-order valence-electron chi connectivity index (χ2n) is 5.32. The molecule has 0 spiro atoms. The highest BCUT2D eigenvalue weighted by Gasteiger charge is 2.26. The predicted octanol–water partition coefficient (Wildman–Crippen LogP) is 0.462. The predicted molar refractivity (Wildman–Crippen MR) is 87.5 cm³/mol. The molecule has 1 saturated heterocycles. The van der Waals surface area contributed by atoms with Gasteiger partial charge in [0, 0.05) is 25.7 Å². The second kappa shape index (κ2) is 7.72. The highest BCUT2D eigenvalue weighted by molar-refractivity contribution is 7.87. The Labute approximate surface area is 137 Å². The summed E-state index contributed by atoms with van der Waals surface area (Å²) < 4.78 is 33.9. The Bertz CT molecular complexity index is 591. The highest BCUT2D eigenvalue weighted by Crippen LogP contribution is 2.22. The first-order valence-corrected chi connectivity index (χ1v) is 8.74. The SMILES string of the molecule is Cl.O=S(=O)(NCC1NCCc2ccccc21)N1CCOCC1. The molecule has 22 heavy (non-hydrogen) atoms. The number of hydrogen-bond acceptors (Lipinski definition) is 4. The van der Waals surface area contributed by atoms with Crippen molar-refractivity contribution in [1.29, 1.82) is 0 Å². The molecule has 2 aliphatic rings. The molecule has 0 aliphatic carbocycles. The number of fused-ring (bicyclic) bond motifs is 1. The lowest BCUT2D eigenvalue weighted by atomic mass is 9.95. The van der Waals surface area contributed by atoms with Gasteiger partial charge in [-0.3, -0.25) is 0 Å². The van der Waals surface area contributed by atoms with Gasteiger partial charge in [-0.2, -0.15) is 12.7 Å². The van der Waals surface area contributed by atoms with Crippen LogP contribution < -0.4 is 10.0 Å². The molecule has 0 aromatic heterocycles. The molecule has 1 aromatic carbocycles. The molecule has 0 saturated carbocycles. The van der Waals surface area contributed by atoms with Crippen molar-refractivity contribution >= 4 is 22.6 Å². The van der Waals surface area contributed by atoms with E-state index in [0.29, 0.717) is 32.8 Å². The third kappa shape index (κ3) is 3.98. The van der Waals surface area contributed by atoms with E-state index in [1.165, 1.54) is 15.4 Å². The molecule has 1 fully saturated rings. The van der Waals surface area contributed by atoms with Crippen LogP contribution in [0, 0.1) is 0 Å². The van der Waals surface area contributed by atoms with Crippen molar-refractivity contribution in [3.63, 3.8) is 0 Å². The molecule has 2 N–H and O–H groups in total. The normalized spacial score (nSPS) is 22.6. The van der Waals surface area contributed by atoms with Gasteiger partial charge < -0.3 is 10.1 Å². The minimum atomic E-state index is -3.42. The van der Waals surface area contributed by atoms with Crippen molar-refractivity contribution in [3.05, 3.63) is 35.4 Å². The van der Waals surface area contributed by atoms with Crippen LogP contribution in [0.4, 0.5) is 0 Å². The van der Waals surface area contributed by atoms with Crippen molar-refractivity contribution in [2.75, 3.05) is 39.4 Å². The largest absolute Gasteiger partial charge is 0.379 e. The summed E-state index contributed by atoms with van der Waals surface area (Å²) in [6.45, 7) is 3.02. The fraction of sp³-hybridized carbons (Fsp3) is 0.571. The van der Waals surface area contributed by atoms with Crippen LogP contribution in [0.2, 0.25) is 0 Å². The molecule has 2 aliphatic heterocycles. The molecular formula is C14H22ClN3O3S. The van der Waals surface area contributed by atoms with E-state index < -0.39 is 10.2 Å². The summed E-state index contributed by atoms with van der Waals surface area (Å²) in [5, 5.41) is 3.38. The van der Waals surface area contributed by atoms with Crippen LogP contribution in [0.1, 0.15) is 17.2 Å². The van der Waals surface area contributed by atoms with Crippen LogP contribution in [-0.4, -0.2) is 52.1 Å². The van der Waals surface area contributed by atoms with Crippen LogP contribution in [0.5, 0.6) is 0 Å². The second-order valence-corrected chi connectivity index (χ2v) is 7.08. The Kier molecular flexibility index (Phi) is 6.19. The van der Waals surface area contributed by atoms with Crippen LogP contribution in [0.25, 0.3) is 0 Å². The first-order valence-electron chi connectivity index (χ1n) is 7.30.